The van der Waals surface area contributed by atoms with E-state index in [1.54, 1.807) is 0 Å². The molecule has 35 heavy (non-hydrogen) atoms. The van der Waals surface area contributed by atoms with Gasteiger partial charge in [-0.2, -0.15) is 8.42 Å². The van der Waals surface area contributed by atoms with Crippen LogP contribution in [0.5, 0.6) is 0 Å². The number of hydrogen-bond acceptors (Lipinski definition) is 4. The van der Waals surface area contributed by atoms with Crippen LogP contribution in [0.2, 0.25) is 0 Å². The minimum atomic E-state index is -3.89. The van der Waals surface area contributed by atoms with Gasteiger partial charge in [-0.3, -0.25) is 4.55 Å². The van der Waals surface area contributed by atoms with Crippen LogP contribution in [0.25, 0.3) is 16.8 Å². The molecule has 0 bridgehead atoms. The summed E-state index contributed by atoms with van der Waals surface area (Å²) in [4.78, 5) is 4.56. The molecule has 0 spiro atoms. The molecule has 0 saturated heterocycles. The molecular weight excluding hydrogens is 460 g/mol. The topological polar surface area (TPSA) is 92.4 Å². The molecule has 1 heterocycles. The number of benzene rings is 2. The van der Waals surface area contributed by atoms with Gasteiger partial charge >= 0.3 is 0 Å². The van der Waals surface area contributed by atoms with Crippen LogP contribution >= 0.6 is 0 Å². The monoisotopic (exact) mass is 500 g/mol. The Labute approximate surface area is 210 Å². The van der Waals surface area contributed by atoms with Crippen LogP contribution in [0.1, 0.15) is 51.5 Å². The molecule has 3 rings (SSSR count). The maximum absolute atomic E-state index is 10.8. The second-order valence-electron chi connectivity index (χ2n) is 8.97. The van der Waals surface area contributed by atoms with Crippen molar-refractivity contribution in [2.45, 2.75) is 46.0 Å². The summed E-state index contributed by atoms with van der Waals surface area (Å²) in [6, 6.07) is 13.4. The average Bonchev–Trinajstić information content (AvgIpc) is 2.82. The van der Waals surface area contributed by atoms with E-state index < -0.39 is 10.1 Å². The highest BCUT2D eigenvalue weighted by Crippen LogP contribution is 2.25. The van der Waals surface area contributed by atoms with Gasteiger partial charge in [-0.05, 0) is 71.6 Å². The molecule has 0 radical (unpaired) electrons. The summed E-state index contributed by atoms with van der Waals surface area (Å²) in [7, 11) is -3.89. The first-order chi connectivity index (χ1) is 16.4. The van der Waals surface area contributed by atoms with Gasteiger partial charge in [0.25, 0.3) is 10.1 Å². The van der Waals surface area contributed by atoms with Crippen molar-refractivity contribution in [2.75, 3.05) is 36.8 Å². The second kappa shape index (κ2) is 14.1. The molecule has 0 amide bonds. The first kappa shape index (κ1) is 28.6. The van der Waals surface area contributed by atoms with Crippen LogP contribution < -0.4 is 4.90 Å². The van der Waals surface area contributed by atoms with E-state index in [4.69, 9.17) is 4.55 Å². The van der Waals surface area contributed by atoms with Crippen molar-refractivity contribution in [2.24, 2.45) is 0 Å². The predicted molar refractivity (Wildman–Crippen MR) is 148 cm³/mol. The van der Waals surface area contributed by atoms with Crippen LogP contribution in [-0.4, -0.2) is 55.3 Å². The quantitative estimate of drug-likeness (QED) is 0.368. The van der Waals surface area contributed by atoms with Crippen LogP contribution in [0.15, 0.2) is 66.4 Å². The van der Waals surface area contributed by atoms with Crippen molar-refractivity contribution in [3.8, 4) is 0 Å². The van der Waals surface area contributed by atoms with E-state index in [9.17, 15) is 8.42 Å². The molecule has 0 aliphatic carbocycles. The van der Waals surface area contributed by atoms with E-state index >= 15 is 0 Å². The third-order valence-electron chi connectivity index (χ3n) is 6.13. The summed E-state index contributed by atoms with van der Waals surface area (Å²) in [6.07, 6.45) is 15.7. The number of rotatable bonds is 13. The molecule has 0 aromatic heterocycles. The van der Waals surface area contributed by atoms with Gasteiger partial charge < -0.3 is 15.3 Å². The lowest BCUT2D eigenvalue weighted by Gasteiger charge is -2.25. The van der Waals surface area contributed by atoms with E-state index in [1.165, 1.54) is 47.7 Å². The van der Waals surface area contributed by atoms with Gasteiger partial charge in [0.05, 0.1) is 5.75 Å². The van der Waals surface area contributed by atoms with Gasteiger partial charge in [-0.1, -0.05) is 63.1 Å². The Morgan fingerprint density at radius 2 is 1.66 bits per heavy atom. The SMILES string of the molecule is CCCCN(CCCC)c1ccc2cc(C=CC3=CCN(CCCS(=O)(=O)O)C=C3)ccc2c1.O. The van der Waals surface area contributed by atoms with Crippen molar-refractivity contribution >= 4 is 32.7 Å². The van der Waals surface area contributed by atoms with Crippen molar-refractivity contribution in [3.05, 3.63) is 72.0 Å². The molecule has 7 heteroatoms. The fourth-order valence-electron chi connectivity index (χ4n) is 4.09. The van der Waals surface area contributed by atoms with Gasteiger partial charge in [-0.15, -0.1) is 0 Å². The van der Waals surface area contributed by atoms with Crippen molar-refractivity contribution in [1.82, 2.24) is 4.90 Å². The van der Waals surface area contributed by atoms with Gasteiger partial charge in [0.15, 0.2) is 0 Å². The Morgan fingerprint density at radius 3 is 2.29 bits per heavy atom. The number of nitrogens with zero attached hydrogens (tertiary/aromatic N) is 2. The molecule has 0 unspecified atom stereocenters. The third kappa shape index (κ3) is 9.51. The largest absolute Gasteiger partial charge is 0.412 e. The summed E-state index contributed by atoms with van der Waals surface area (Å²) in [5, 5.41) is 2.51. The Balaban J connectivity index is 0.00000432. The molecule has 192 valence electrons. The molecule has 1 aliphatic heterocycles. The number of hydrogen-bond donors (Lipinski definition) is 1. The number of anilines is 1. The number of allylic oxidation sites excluding steroid dienone is 3. The highest BCUT2D eigenvalue weighted by molar-refractivity contribution is 7.85. The fraction of sp³-hybridized carbons (Fsp3) is 0.429. The zero-order chi connectivity index (χ0) is 24.4. The molecule has 2 aromatic rings. The van der Waals surface area contributed by atoms with Crippen LogP contribution in [-0.2, 0) is 10.1 Å². The normalized spacial score (nSPS) is 13.8. The van der Waals surface area contributed by atoms with E-state index in [-0.39, 0.29) is 11.2 Å². The summed E-state index contributed by atoms with van der Waals surface area (Å²) in [5.74, 6) is -0.202. The molecule has 0 fully saturated rings. The molecular formula is C28H40N2O4S. The minimum Gasteiger partial charge on any atom is -0.412 e. The molecule has 2 aromatic carbocycles. The van der Waals surface area contributed by atoms with E-state index in [2.05, 4.69) is 73.4 Å². The van der Waals surface area contributed by atoms with Gasteiger partial charge in [0.2, 0.25) is 0 Å². The summed E-state index contributed by atoms with van der Waals surface area (Å²) in [6.45, 7) is 8.05. The fourth-order valence-corrected chi connectivity index (χ4v) is 4.59. The first-order valence-corrected chi connectivity index (χ1v) is 14.0. The molecule has 1 aliphatic rings. The van der Waals surface area contributed by atoms with Crippen molar-refractivity contribution in [1.29, 1.82) is 0 Å². The summed E-state index contributed by atoms with van der Waals surface area (Å²) < 4.78 is 30.5. The Kier molecular flexibility index (Phi) is 11.5. The lowest BCUT2D eigenvalue weighted by Crippen LogP contribution is -2.25. The zero-order valence-corrected chi connectivity index (χ0v) is 21.8. The lowest BCUT2D eigenvalue weighted by molar-refractivity contribution is 0.405. The van der Waals surface area contributed by atoms with E-state index in [0.717, 1.165) is 25.2 Å². The van der Waals surface area contributed by atoms with Crippen LogP contribution in [0.4, 0.5) is 5.69 Å². The van der Waals surface area contributed by atoms with Gasteiger partial charge in [0, 0.05) is 31.9 Å². The van der Waals surface area contributed by atoms with Crippen LogP contribution in [0.3, 0.4) is 0 Å². The highest BCUT2D eigenvalue weighted by Gasteiger charge is 2.08. The Morgan fingerprint density at radius 1 is 0.971 bits per heavy atom. The molecule has 0 atom stereocenters. The smallest absolute Gasteiger partial charge is 0.264 e. The van der Waals surface area contributed by atoms with E-state index in [1.807, 2.05) is 17.2 Å². The minimum absolute atomic E-state index is 0. The highest BCUT2D eigenvalue weighted by atomic mass is 32.2. The maximum atomic E-state index is 10.8. The second-order valence-corrected chi connectivity index (χ2v) is 10.5. The standard InChI is InChI=1S/C28H38N2O3S.H2O/c1-3-5-17-30(18-6-4-2)28-13-12-26-22-25(10-11-27(26)23-28)9-8-24-14-19-29(20-15-24)16-7-21-34(31,32)33;/h8-15,19,22-23H,3-7,16-18,20-21H2,1-2H3,(H,31,32,33);1H2. The van der Waals surface area contributed by atoms with Crippen LogP contribution in [0, 0.1) is 0 Å². The Bertz CT molecular complexity index is 1130. The number of unbranched alkanes of at least 4 members (excludes halogenated alkanes) is 2. The van der Waals surface area contributed by atoms with Gasteiger partial charge in [-0.25, -0.2) is 0 Å². The average molecular weight is 501 g/mol. The van der Waals surface area contributed by atoms with Crippen molar-refractivity contribution in [3.63, 3.8) is 0 Å². The maximum Gasteiger partial charge on any atom is 0.264 e. The zero-order valence-electron chi connectivity index (χ0n) is 21.0. The van der Waals surface area contributed by atoms with Crippen molar-refractivity contribution < 1.29 is 18.4 Å². The van der Waals surface area contributed by atoms with E-state index in [0.29, 0.717) is 13.0 Å². The number of fused-ring (bicyclic) bond motifs is 1. The lowest BCUT2D eigenvalue weighted by atomic mass is 10.0. The first-order valence-electron chi connectivity index (χ1n) is 12.4. The predicted octanol–water partition coefficient (Wildman–Crippen LogP) is 5.47. The molecule has 0 saturated carbocycles. The molecule has 3 N–H and O–H groups in total. The van der Waals surface area contributed by atoms with Gasteiger partial charge in [0.1, 0.15) is 0 Å². The third-order valence-corrected chi connectivity index (χ3v) is 6.94. The molecule has 6 nitrogen and oxygen atoms in total. The summed E-state index contributed by atoms with van der Waals surface area (Å²) >= 11 is 0. The summed E-state index contributed by atoms with van der Waals surface area (Å²) in [5.41, 5.74) is 3.61. The Hall–Kier alpha value is -2.61.